The minimum Gasteiger partial charge on any atom is -0.318 e. The average Bonchev–Trinajstić information content (AvgIpc) is 2.95. The van der Waals surface area contributed by atoms with E-state index in [1.165, 1.54) is 6.42 Å². The summed E-state index contributed by atoms with van der Waals surface area (Å²) < 4.78 is 0. The van der Waals surface area contributed by atoms with Gasteiger partial charge in [0.1, 0.15) is 0 Å². The molecular weight excluding hydrogens is 190 g/mol. The highest BCUT2D eigenvalue weighted by Gasteiger charge is 2.32. The Morgan fingerprint density at radius 1 is 1.27 bits per heavy atom. The Balaban J connectivity index is 1.85. The van der Waals surface area contributed by atoms with Gasteiger partial charge in [-0.2, -0.15) is 0 Å². The van der Waals surface area contributed by atoms with Crippen LogP contribution in [0.25, 0.3) is 0 Å². The highest BCUT2D eigenvalue weighted by molar-refractivity contribution is 5.86. The maximum absolute atomic E-state index is 11.3. The van der Waals surface area contributed by atoms with E-state index in [9.17, 15) is 4.79 Å². The molecule has 2 saturated carbocycles. The molecule has 3 nitrogen and oxygen atoms in total. The molecule has 0 aromatic carbocycles. The largest absolute Gasteiger partial charge is 0.338 e. The van der Waals surface area contributed by atoms with E-state index in [-0.39, 0.29) is 11.9 Å². The summed E-state index contributed by atoms with van der Waals surface area (Å²) in [5.41, 5.74) is 1.07. The van der Waals surface area contributed by atoms with Crippen molar-refractivity contribution in [1.29, 1.82) is 0 Å². The maximum Gasteiger partial charge on any atom is 0.338 e. The van der Waals surface area contributed by atoms with Crippen LogP contribution < -0.4 is 0 Å². The Bertz CT molecular complexity index is 269. The van der Waals surface area contributed by atoms with E-state index in [4.69, 9.17) is 4.84 Å². The van der Waals surface area contributed by atoms with Crippen LogP contribution in [0, 0.1) is 17.8 Å². The molecule has 2 aliphatic carbocycles. The van der Waals surface area contributed by atoms with Gasteiger partial charge in [-0.15, -0.1) is 0 Å². The first-order valence-electron chi connectivity index (χ1n) is 5.91. The van der Waals surface area contributed by atoms with E-state index in [2.05, 4.69) is 19.0 Å². The van der Waals surface area contributed by atoms with Crippen molar-refractivity contribution >= 4 is 11.7 Å². The average molecular weight is 209 g/mol. The van der Waals surface area contributed by atoms with Gasteiger partial charge in [-0.1, -0.05) is 19.0 Å². The van der Waals surface area contributed by atoms with E-state index in [1.807, 2.05) is 0 Å². The van der Waals surface area contributed by atoms with Crippen LogP contribution in [0.3, 0.4) is 0 Å². The highest BCUT2D eigenvalue weighted by Crippen LogP contribution is 2.31. The number of rotatable bonds is 2. The van der Waals surface area contributed by atoms with E-state index in [0.29, 0.717) is 11.8 Å². The molecule has 0 aliphatic heterocycles. The summed E-state index contributed by atoms with van der Waals surface area (Å²) in [6, 6.07) is 0. The van der Waals surface area contributed by atoms with Gasteiger partial charge in [0.15, 0.2) is 0 Å². The van der Waals surface area contributed by atoms with Crippen LogP contribution in [0.4, 0.5) is 0 Å². The molecule has 0 saturated heterocycles. The second-order valence-electron chi connectivity index (χ2n) is 5.20. The predicted molar refractivity (Wildman–Crippen MR) is 58.4 cm³/mol. The van der Waals surface area contributed by atoms with Gasteiger partial charge in [0, 0.05) is 0 Å². The molecule has 0 radical (unpaired) electrons. The number of hydrogen-bond donors (Lipinski definition) is 0. The van der Waals surface area contributed by atoms with Crippen molar-refractivity contribution in [3.05, 3.63) is 0 Å². The van der Waals surface area contributed by atoms with Gasteiger partial charge in [0.2, 0.25) is 0 Å². The molecular formula is C12H19NO2. The lowest BCUT2D eigenvalue weighted by Crippen LogP contribution is -2.20. The first-order chi connectivity index (χ1) is 7.15. The number of hydrogen-bond acceptors (Lipinski definition) is 3. The quantitative estimate of drug-likeness (QED) is 0.518. The molecule has 2 unspecified atom stereocenters. The summed E-state index contributed by atoms with van der Waals surface area (Å²) in [4.78, 5) is 16.2. The van der Waals surface area contributed by atoms with Gasteiger partial charge in [0.05, 0.1) is 11.6 Å². The zero-order chi connectivity index (χ0) is 10.8. The molecule has 2 atom stereocenters. The first kappa shape index (κ1) is 10.7. The summed E-state index contributed by atoms with van der Waals surface area (Å²) in [6.45, 7) is 4.46. The van der Waals surface area contributed by atoms with Gasteiger partial charge in [-0.3, -0.25) is 0 Å². The Kier molecular flexibility index (Phi) is 3.08. The third kappa shape index (κ3) is 3.05. The van der Waals surface area contributed by atoms with Crippen LogP contribution in [-0.4, -0.2) is 11.7 Å². The van der Waals surface area contributed by atoms with Gasteiger partial charge >= 0.3 is 5.97 Å². The monoisotopic (exact) mass is 209 g/mol. The Morgan fingerprint density at radius 2 is 1.87 bits per heavy atom. The van der Waals surface area contributed by atoms with Crippen molar-refractivity contribution in [2.45, 2.75) is 46.0 Å². The lowest BCUT2D eigenvalue weighted by molar-refractivity contribution is -0.145. The molecule has 2 aliphatic rings. The number of carbonyl (C=O) groups excluding carboxylic acids is 1. The van der Waals surface area contributed by atoms with Gasteiger partial charge in [-0.05, 0) is 43.9 Å². The summed E-state index contributed by atoms with van der Waals surface area (Å²) >= 11 is 0. The van der Waals surface area contributed by atoms with Crippen LogP contribution in [0.5, 0.6) is 0 Å². The van der Waals surface area contributed by atoms with Crippen molar-refractivity contribution in [1.82, 2.24) is 0 Å². The van der Waals surface area contributed by atoms with Crippen LogP contribution in [0.1, 0.15) is 46.0 Å². The summed E-state index contributed by atoms with van der Waals surface area (Å²) in [5.74, 6) is 1.36. The van der Waals surface area contributed by atoms with E-state index >= 15 is 0 Å². The lowest BCUT2D eigenvalue weighted by atomic mass is 9.82. The lowest BCUT2D eigenvalue weighted by Gasteiger charge is -2.24. The Morgan fingerprint density at radius 3 is 2.40 bits per heavy atom. The number of carbonyl (C=O) groups is 1. The van der Waals surface area contributed by atoms with Crippen molar-refractivity contribution in [3.63, 3.8) is 0 Å². The Hall–Kier alpha value is -0.860. The molecule has 0 bridgehead atoms. The van der Waals surface area contributed by atoms with Crippen LogP contribution in [0.2, 0.25) is 0 Å². The topological polar surface area (TPSA) is 38.7 Å². The van der Waals surface area contributed by atoms with E-state index in [0.717, 1.165) is 31.4 Å². The van der Waals surface area contributed by atoms with Crippen LogP contribution >= 0.6 is 0 Å². The van der Waals surface area contributed by atoms with E-state index < -0.39 is 0 Å². The predicted octanol–water partition coefficient (Wildman–Crippen LogP) is 2.75. The number of oxime groups is 1. The normalized spacial score (nSPS) is 31.2. The minimum atomic E-state index is -0.131. The zero-order valence-corrected chi connectivity index (χ0v) is 9.53. The molecule has 84 valence electrons. The zero-order valence-electron chi connectivity index (χ0n) is 9.53. The van der Waals surface area contributed by atoms with Crippen molar-refractivity contribution in [2.24, 2.45) is 22.9 Å². The summed E-state index contributed by atoms with van der Waals surface area (Å²) in [6.07, 6.45) is 5.20. The second-order valence-corrected chi connectivity index (χ2v) is 5.20. The molecule has 0 heterocycles. The Labute approximate surface area is 90.9 Å². The molecule has 2 fully saturated rings. The molecule has 0 amide bonds. The molecule has 0 aromatic heterocycles. The molecule has 15 heavy (non-hydrogen) atoms. The second kappa shape index (κ2) is 4.33. The van der Waals surface area contributed by atoms with E-state index in [1.54, 1.807) is 0 Å². The standard InChI is InChI=1S/C12H19NO2/c1-8-5-9(2)7-11(6-8)13-15-12(14)10-3-4-10/h8-10H,3-7H2,1-2H3. The van der Waals surface area contributed by atoms with Crippen molar-refractivity contribution in [3.8, 4) is 0 Å². The van der Waals surface area contributed by atoms with Crippen molar-refractivity contribution in [2.75, 3.05) is 0 Å². The summed E-state index contributed by atoms with van der Waals surface area (Å²) in [7, 11) is 0. The fraction of sp³-hybridized carbons (Fsp3) is 0.833. The van der Waals surface area contributed by atoms with Crippen LogP contribution in [-0.2, 0) is 9.63 Å². The fourth-order valence-electron chi connectivity index (χ4n) is 2.32. The molecule has 3 heteroatoms. The van der Waals surface area contributed by atoms with Gasteiger partial charge in [0.25, 0.3) is 0 Å². The summed E-state index contributed by atoms with van der Waals surface area (Å²) in [5, 5.41) is 4.01. The SMILES string of the molecule is CC1CC(=NOC(=O)C2CC2)CC(C)C1. The molecule has 0 spiro atoms. The van der Waals surface area contributed by atoms with Crippen LogP contribution in [0.15, 0.2) is 5.16 Å². The number of nitrogens with zero attached hydrogens (tertiary/aromatic N) is 1. The van der Waals surface area contributed by atoms with Gasteiger partial charge in [-0.25, -0.2) is 4.79 Å². The maximum atomic E-state index is 11.3. The fourth-order valence-corrected chi connectivity index (χ4v) is 2.32. The molecule has 2 rings (SSSR count). The van der Waals surface area contributed by atoms with Gasteiger partial charge < -0.3 is 4.84 Å². The van der Waals surface area contributed by atoms with Crippen molar-refractivity contribution < 1.29 is 9.63 Å². The minimum absolute atomic E-state index is 0.131. The smallest absolute Gasteiger partial charge is 0.318 e. The highest BCUT2D eigenvalue weighted by atomic mass is 16.7. The third-order valence-electron chi connectivity index (χ3n) is 3.15. The molecule has 0 aromatic rings. The first-order valence-corrected chi connectivity index (χ1v) is 5.91. The molecule has 0 N–H and O–H groups in total. The third-order valence-corrected chi connectivity index (χ3v) is 3.15.